The molecule has 1 heterocycles. The lowest BCUT2D eigenvalue weighted by molar-refractivity contribution is 0.415. The summed E-state index contributed by atoms with van der Waals surface area (Å²) >= 11 is 0. The molecule has 0 unspecified atom stereocenters. The largest absolute Gasteiger partial charge is 0.497 e. The molecule has 0 fully saturated rings. The molecule has 4 nitrogen and oxygen atoms in total. The van der Waals surface area contributed by atoms with E-state index >= 15 is 0 Å². The maximum atomic E-state index is 11.6. The molecule has 0 aliphatic rings. The number of oxazole rings is 1. The summed E-state index contributed by atoms with van der Waals surface area (Å²) in [4.78, 5) is 11.6. The maximum Gasteiger partial charge on any atom is 0.419 e. The number of ether oxygens (including phenoxy) is 1. The van der Waals surface area contributed by atoms with Crippen molar-refractivity contribution in [3.8, 4) is 5.75 Å². The third-order valence-corrected chi connectivity index (χ3v) is 3.42. The monoisotopic (exact) mass is 281 g/mol. The SMILES string of the molecule is COc1ccc(/C=C\c2cccc3c2oc(=O)n3C)cc1. The Bertz CT molecular complexity index is 854. The van der Waals surface area contributed by atoms with Gasteiger partial charge in [-0.3, -0.25) is 4.57 Å². The number of methoxy groups -OCH3 is 1. The number of aryl methyl sites for hydroxylation is 1. The van der Waals surface area contributed by atoms with Crippen molar-refractivity contribution in [2.75, 3.05) is 7.11 Å². The minimum Gasteiger partial charge on any atom is -0.497 e. The highest BCUT2D eigenvalue weighted by Crippen LogP contribution is 2.20. The van der Waals surface area contributed by atoms with E-state index in [1.165, 1.54) is 4.57 Å². The molecular formula is C17H15NO3. The number of aromatic nitrogens is 1. The summed E-state index contributed by atoms with van der Waals surface area (Å²) in [6.45, 7) is 0. The lowest BCUT2D eigenvalue weighted by Gasteiger charge is -1.99. The molecule has 0 amide bonds. The predicted octanol–water partition coefficient (Wildman–Crippen LogP) is 3.31. The second kappa shape index (κ2) is 5.32. The molecule has 3 rings (SSSR count). The molecule has 0 saturated carbocycles. The normalized spacial score (nSPS) is 11.3. The molecule has 3 aromatic rings. The van der Waals surface area contributed by atoms with E-state index < -0.39 is 0 Å². The van der Waals surface area contributed by atoms with Crippen LogP contribution in [0.1, 0.15) is 11.1 Å². The Balaban J connectivity index is 1.99. The van der Waals surface area contributed by atoms with Crippen molar-refractivity contribution >= 4 is 23.3 Å². The van der Waals surface area contributed by atoms with Gasteiger partial charge >= 0.3 is 5.76 Å². The van der Waals surface area contributed by atoms with Gasteiger partial charge in [-0.25, -0.2) is 4.79 Å². The summed E-state index contributed by atoms with van der Waals surface area (Å²) in [5.41, 5.74) is 3.32. The molecule has 0 aliphatic carbocycles. The standard InChI is InChI=1S/C17H15NO3/c1-18-15-5-3-4-13(16(15)21-17(18)19)9-6-12-7-10-14(20-2)11-8-12/h3-11H,1-2H3/b9-6-. The van der Waals surface area contributed by atoms with Gasteiger partial charge in [0, 0.05) is 12.6 Å². The van der Waals surface area contributed by atoms with Crippen LogP contribution in [-0.4, -0.2) is 11.7 Å². The summed E-state index contributed by atoms with van der Waals surface area (Å²) in [5.74, 6) is 0.471. The first kappa shape index (κ1) is 13.2. The second-order valence-corrected chi connectivity index (χ2v) is 4.73. The molecular weight excluding hydrogens is 266 g/mol. The fraction of sp³-hybridized carbons (Fsp3) is 0.118. The van der Waals surface area contributed by atoms with Crippen LogP contribution in [0, 0.1) is 0 Å². The van der Waals surface area contributed by atoms with Gasteiger partial charge in [0.25, 0.3) is 0 Å². The Morgan fingerprint density at radius 1 is 1.10 bits per heavy atom. The molecule has 106 valence electrons. The van der Waals surface area contributed by atoms with Crippen LogP contribution < -0.4 is 10.5 Å². The quantitative estimate of drug-likeness (QED) is 0.692. The molecule has 0 spiro atoms. The Hall–Kier alpha value is -2.75. The Morgan fingerprint density at radius 3 is 2.57 bits per heavy atom. The summed E-state index contributed by atoms with van der Waals surface area (Å²) < 4.78 is 11.9. The van der Waals surface area contributed by atoms with Crippen LogP contribution in [0.5, 0.6) is 5.75 Å². The Kier molecular flexibility index (Phi) is 3.36. The zero-order chi connectivity index (χ0) is 14.8. The van der Waals surface area contributed by atoms with E-state index in [4.69, 9.17) is 9.15 Å². The molecule has 0 aliphatic heterocycles. The summed E-state index contributed by atoms with van der Waals surface area (Å²) in [6, 6.07) is 13.4. The van der Waals surface area contributed by atoms with Gasteiger partial charge in [-0.2, -0.15) is 0 Å². The number of nitrogens with zero attached hydrogens (tertiary/aromatic N) is 1. The van der Waals surface area contributed by atoms with E-state index in [-0.39, 0.29) is 5.76 Å². The van der Waals surface area contributed by atoms with Crippen LogP contribution >= 0.6 is 0 Å². The molecule has 0 saturated heterocycles. The van der Waals surface area contributed by atoms with Gasteiger partial charge < -0.3 is 9.15 Å². The van der Waals surface area contributed by atoms with Gasteiger partial charge in [-0.1, -0.05) is 36.4 Å². The van der Waals surface area contributed by atoms with E-state index in [0.717, 1.165) is 22.4 Å². The number of para-hydroxylation sites is 1. The van der Waals surface area contributed by atoms with Gasteiger partial charge in [0.1, 0.15) is 5.75 Å². The van der Waals surface area contributed by atoms with Gasteiger partial charge in [0.05, 0.1) is 12.6 Å². The van der Waals surface area contributed by atoms with E-state index in [2.05, 4.69) is 0 Å². The highest BCUT2D eigenvalue weighted by molar-refractivity contribution is 5.86. The first-order valence-electron chi connectivity index (χ1n) is 6.60. The molecule has 0 bridgehead atoms. The topological polar surface area (TPSA) is 44.4 Å². The summed E-state index contributed by atoms with van der Waals surface area (Å²) in [5, 5.41) is 0. The van der Waals surface area contributed by atoms with E-state index in [0.29, 0.717) is 5.58 Å². The molecule has 2 aromatic carbocycles. The van der Waals surface area contributed by atoms with Gasteiger partial charge in [0.2, 0.25) is 0 Å². The zero-order valence-electron chi connectivity index (χ0n) is 11.9. The maximum absolute atomic E-state index is 11.6. The minimum absolute atomic E-state index is 0.352. The Morgan fingerprint density at radius 2 is 1.86 bits per heavy atom. The molecule has 0 N–H and O–H groups in total. The van der Waals surface area contributed by atoms with Crippen molar-refractivity contribution in [2.24, 2.45) is 7.05 Å². The summed E-state index contributed by atoms with van der Waals surface area (Å²) in [6.07, 6.45) is 3.91. The van der Waals surface area contributed by atoms with Crippen molar-refractivity contribution in [1.29, 1.82) is 0 Å². The predicted molar refractivity (Wildman–Crippen MR) is 83.4 cm³/mol. The highest BCUT2D eigenvalue weighted by Gasteiger charge is 2.07. The van der Waals surface area contributed by atoms with Gasteiger partial charge in [0.15, 0.2) is 5.58 Å². The van der Waals surface area contributed by atoms with Crippen molar-refractivity contribution in [3.05, 3.63) is 64.1 Å². The van der Waals surface area contributed by atoms with Crippen LogP contribution in [-0.2, 0) is 7.05 Å². The van der Waals surface area contributed by atoms with Crippen molar-refractivity contribution in [1.82, 2.24) is 4.57 Å². The number of rotatable bonds is 3. The van der Waals surface area contributed by atoms with Crippen LogP contribution in [0.15, 0.2) is 51.7 Å². The molecule has 0 atom stereocenters. The van der Waals surface area contributed by atoms with Crippen LogP contribution in [0.4, 0.5) is 0 Å². The highest BCUT2D eigenvalue weighted by atomic mass is 16.5. The van der Waals surface area contributed by atoms with Crippen LogP contribution in [0.2, 0.25) is 0 Å². The van der Waals surface area contributed by atoms with Crippen molar-refractivity contribution < 1.29 is 9.15 Å². The van der Waals surface area contributed by atoms with Gasteiger partial charge in [-0.05, 0) is 23.8 Å². The first-order valence-corrected chi connectivity index (χ1v) is 6.60. The van der Waals surface area contributed by atoms with E-state index in [9.17, 15) is 4.79 Å². The van der Waals surface area contributed by atoms with Crippen LogP contribution in [0.3, 0.4) is 0 Å². The molecule has 4 heteroatoms. The van der Waals surface area contributed by atoms with Crippen molar-refractivity contribution in [3.63, 3.8) is 0 Å². The minimum atomic E-state index is -0.352. The second-order valence-electron chi connectivity index (χ2n) is 4.73. The molecule has 21 heavy (non-hydrogen) atoms. The zero-order valence-corrected chi connectivity index (χ0v) is 11.9. The third-order valence-electron chi connectivity index (χ3n) is 3.42. The lowest BCUT2D eigenvalue weighted by atomic mass is 10.1. The summed E-state index contributed by atoms with van der Waals surface area (Å²) in [7, 11) is 3.34. The fourth-order valence-electron chi connectivity index (χ4n) is 2.20. The third kappa shape index (κ3) is 2.48. The average Bonchev–Trinajstić information content (AvgIpc) is 2.81. The van der Waals surface area contributed by atoms with Gasteiger partial charge in [-0.15, -0.1) is 0 Å². The smallest absolute Gasteiger partial charge is 0.419 e. The molecule has 1 aromatic heterocycles. The fourth-order valence-corrected chi connectivity index (χ4v) is 2.20. The number of benzene rings is 2. The molecule has 0 radical (unpaired) electrons. The van der Waals surface area contributed by atoms with Crippen molar-refractivity contribution in [2.45, 2.75) is 0 Å². The number of hydrogen-bond acceptors (Lipinski definition) is 3. The van der Waals surface area contributed by atoms with E-state index in [1.807, 2.05) is 54.6 Å². The lowest BCUT2D eigenvalue weighted by Crippen LogP contribution is -2.08. The van der Waals surface area contributed by atoms with E-state index in [1.54, 1.807) is 14.2 Å². The first-order chi connectivity index (χ1) is 10.2. The number of fused-ring (bicyclic) bond motifs is 1. The average molecular weight is 281 g/mol. The number of hydrogen-bond donors (Lipinski definition) is 0. The Labute approximate surface area is 121 Å². The van der Waals surface area contributed by atoms with Crippen LogP contribution in [0.25, 0.3) is 23.3 Å².